The molecule has 2 rings (SSSR count). The molecule has 0 aromatic heterocycles. The maximum Gasteiger partial charge on any atom is 0.235 e. The minimum Gasteiger partial charge on any atom is -0.493 e. The second-order valence-corrected chi connectivity index (χ2v) is 6.87. The van der Waals surface area contributed by atoms with Gasteiger partial charge >= 0.3 is 0 Å². The Bertz CT molecular complexity index is 642. The van der Waals surface area contributed by atoms with Crippen molar-refractivity contribution in [3.05, 3.63) is 23.8 Å². The van der Waals surface area contributed by atoms with Crippen LogP contribution in [0, 0.1) is 5.41 Å². The molecule has 26 heavy (non-hydrogen) atoms. The summed E-state index contributed by atoms with van der Waals surface area (Å²) in [5.41, 5.74) is -0.00696. The van der Waals surface area contributed by atoms with Crippen LogP contribution < -0.4 is 20.1 Å². The molecule has 0 radical (unpaired) electrons. The highest BCUT2D eigenvalue weighted by molar-refractivity contribution is 6.07. The third-order valence-electron chi connectivity index (χ3n) is 4.59. The molecule has 1 aromatic carbocycles. The number of ether oxygens (including phenoxy) is 2. The molecule has 7 nitrogen and oxygen atoms in total. The van der Waals surface area contributed by atoms with Gasteiger partial charge < -0.3 is 25.0 Å². The lowest BCUT2D eigenvalue weighted by molar-refractivity contribution is -0.137. The van der Waals surface area contributed by atoms with Crippen LogP contribution in [-0.2, 0) is 16.1 Å². The summed E-state index contributed by atoms with van der Waals surface area (Å²) >= 11 is 0. The van der Waals surface area contributed by atoms with E-state index in [0.29, 0.717) is 37.4 Å². The van der Waals surface area contributed by atoms with Crippen LogP contribution in [0.1, 0.15) is 24.8 Å². The standard InChI is InChI=1S/C19H29N3O4/c1-22(2)11-5-10-20-17(23)19(8-9-19)18(24)21-13-14-6-7-15(25-3)16(12-14)26-4/h6-7,12H,5,8-11,13H2,1-4H3,(H,20,23)(H,21,24). The molecule has 1 aliphatic carbocycles. The quantitative estimate of drug-likeness (QED) is 0.482. The zero-order chi connectivity index (χ0) is 19.2. The number of hydrogen-bond acceptors (Lipinski definition) is 5. The minimum absolute atomic E-state index is 0.166. The lowest BCUT2D eigenvalue weighted by Gasteiger charge is -2.16. The number of benzene rings is 1. The van der Waals surface area contributed by atoms with Crippen molar-refractivity contribution in [2.75, 3.05) is 41.4 Å². The van der Waals surface area contributed by atoms with Gasteiger partial charge in [0.15, 0.2) is 11.5 Å². The van der Waals surface area contributed by atoms with Crippen LogP contribution in [0.3, 0.4) is 0 Å². The van der Waals surface area contributed by atoms with Crippen LogP contribution in [-0.4, -0.2) is 58.1 Å². The zero-order valence-corrected chi connectivity index (χ0v) is 16.1. The fourth-order valence-electron chi connectivity index (χ4n) is 2.79. The molecule has 0 spiro atoms. The number of rotatable bonds is 10. The Labute approximate surface area is 155 Å². The van der Waals surface area contributed by atoms with Crippen molar-refractivity contribution in [3.8, 4) is 11.5 Å². The third kappa shape index (κ3) is 4.88. The van der Waals surface area contributed by atoms with Crippen molar-refractivity contribution in [1.29, 1.82) is 0 Å². The summed E-state index contributed by atoms with van der Waals surface area (Å²) in [4.78, 5) is 27.0. The van der Waals surface area contributed by atoms with E-state index in [-0.39, 0.29) is 11.8 Å². The molecule has 0 heterocycles. The Morgan fingerprint density at radius 3 is 2.31 bits per heavy atom. The number of hydrogen-bond donors (Lipinski definition) is 2. The van der Waals surface area contributed by atoms with Crippen LogP contribution in [0.15, 0.2) is 18.2 Å². The molecule has 7 heteroatoms. The fraction of sp³-hybridized carbons (Fsp3) is 0.579. The number of nitrogens with zero attached hydrogens (tertiary/aromatic N) is 1. The van der Waals surface area contributed by atoms with E-state index in [1.165, 1.54) is 0 Å². The van der Waals surface area contributed by atoms with Crippen molar-refractivity contribution < 1.29 is 19.1 Å². The monoisotopic (exact) mass is 363 g/mol. The van der Waals surface area contributed by atoms with Crippen molar-refractivity contribution >= 4 is 11.8 Å². The predicted molar refractivity (Wildman–Crippen MR) is 99.2 cm³/mol. The van der Waals surface area contributed by atoms with Gasteiger partial charge in [0.05, 0.1) is 14.2 Å². The molecule has 0 aliphatic heterocycles. The molecule has 1 saturated carbocycles. The summed E-state index contributed by atoms with van der Waals surface area (Å²) in [7, 11) is 7.13. The minimum atomic E-state index is -0.894. The van der Waals surface area contributed by atoms with Crippen molar-refractivity contribution in [2.24, 2.45) is 5.41 Å². The first-order valence-electron chi connectivity index (χ1n) is 8.85. The summed E-state index contributed by atoms with van der Waals surface area (Å²) in [5, 5.41) is 5.77. The second kappa shape index (κ2) is 8.89. The Kier molecular flexibility index (Phi) is 6.85. The van der Waals surface area contributed by atoms with Crippen LogP contribution in [0.5, 0.6) is 11.5 Å². The molecule has 1 fully saturated rings. The molecule has 0 atom stereocenters. The molecule has 0 unspecified atom stereocenters. The molecule has 1 aromatic rings. The summed E-state index contributed by atoms with van der Waals surface area (Å²) in [6.45, 7) is 1.83. The Morgan fingerprint density at radius 2 is 1.73 bits per heavy atom. The highest BCUT2D eigenvalue weighted by Crippen LogP contribution is 2.46. The molecular formula is C19H29N3O4. The normalized spacial score (nSPS) is 14.7. The largest absolute Gasteiger partial charge is 0.493 e. The summed E-state index contributed by atoms with van der Waals surface area (Å²) in [5.74, 6) is 0.871. The first-order chi connectivity index (χ1) is 12.4. The van der Waals surface area contributed by atoms with Gasteiger partial charge in [-0.15, -0.1) is 0 Å². The molecular weight excluding hydrogens is 334 g/mol. The maximum absolute atomic E-state index is 12.5. The lowest BCUT2D eigenvalue weighted by Crippen LogP contribution is -2.43. The Morgan fingerprint density at radius 1 is 1.08 bits per heavy atom. The van der Waals surface area contributed by atoms with Gasteiger partial charge in [-0.2, -0.15) is 0 Å². The zero-order valence-electron chi connectivity index (χ0n) is 16.1. The SMILES string of the molecule is COc1ccc(CNC(=O)C2(C(=O)NCCCN(C)C)CC2)cc1OC. The molecule has 2 amide bonds. The average Bonchev–Trinajstić information content (AvgIpc) is 3.44. The highest BCUT2D eigenvalue weighted by atomic mass is 16.5. The van der Waals surface area contributed by atoms with E-state index in [4.69, 9.17) is 9.47 Å². The van der Waals surface area contributed by atoms with Crippen LogP contribution in [0.4, 0.5) is 0 Å². The number of carbonyl (C=O) groups excluding carboxylic acids is 2. The fourth-order valence-corrected chi connectivity index (χ4v) is 2.79. The summed E-state index contributed by atoms with van der Waals surface area (Å²) < 4.78 is 10.5. The van der Waals surface area contributed by atoms with Crippen LogP contribution >= 0.6 is 0 Å². The van der Waals surface area contributed by atoms with Gasteiger partial charge in [0.25, 0.3) is 0 Å². The number of methoxy groups -OCH3 is 2. The first-order valence-corrected chi connectivity index (χ1v) is 8.85. The van der Waals surface area contributed by atoms with Crippen molar-refractivity contribution in [1.82, 2.24) is 15.5 Å². The van der Waals surface area contributed by atoms with E-state index < -0.39 is 5.41 Å². The molecule has 0 saturated heterocycles. The molecule has 2 N–H and O–H groups in total. The third-order valence-corrected chi connectivity index (χ3v) is 4.59. The van der Waals surface area contributed by atoms with Crippen molar-refractivity contribution in [3.63, 3.8) is 0 Å². The number of nitrogens with one attached hydrogen (secondary N) is 2. The molecule has 0 bridgehead atoms. The van der Waals surface area contributed by atoms with Gasteiger partial charge in [-0.05, 0) is 57.6 Å². The van der Waals surface area contributed by atoms with Crippen molar-refractivity contribution in [2.45, 2.75) is 25.8 Å². The van der Waals surface area contributed by atoms with E-state index in [1.54, 1.807) is 20.3 Å². The van der Waals surface area contributed by atoms with E-state index >= 15 is 0 Å². The Balaban J connectivity index is 1.86. The van der Waals surface area contributed by atoms with Gasteiger partial charge in [0, 0.05) is 13.1 Å². The van der Waals surface area contributed by atoms with Gasteiger partial charge in [0.2, 0.25) is 11.8 Å². The highest BCUT2D eigenvalue weighted by Gasteiger charge is 2.56. The van der Waals surface area contributed by atoms with E-state index in [2.05, 4.69) is 15.5 Å². The van der Waals surface area contributed by atoms with E-state index in [0.717, 1.165) is 18.5 Å². The lowest BCUT2D eigenvalue weighted by atomic mass is 10.0. The van der Waals surface area contributed by atoms with E-state index in [1.807, 2.05) is 26.2 Å². The van der Waals surface area contributed by atoms with Gasteiger partial charge in [-0.1, -0.05) is 6.07 Å². The maximum atomic E-state index is 12.5. The number of amides is 2. The summed E-state index contributed by atoms with van der Waals surface area (Å²) in [6.07, 6.45) is 2.07. The topological polar surface area (TPSA) is 79.9 Å². The van der Waals surface area contributed by atoms with Gasteiger partial charge in [0.1, 0.15) is 5.41 Å². The average molecular weight is 363 g/mol. The molecule has 1 aliphatic rings. The van der Waals surface area contributed by atoms with Crippen LogP contribution in [0.25, 0.3) is 0 Å². The summed E-state index contributed by atoms with van der Waals surface area (Å²) in [6, 6.07) is 5.48. The van der Waals surface area contributed by atoms with E-state index in [9.17, 15) is 9.59 Å². The second-order valence-electron chi connectivity index (χ2n) is 6.87. The number of carbonyl (C=O) groups is 2. The van der Waals surface area contributed by atoms with Crippen LogP contribution in [0.2, 0.25) is 0 Å². The molecule has 144 valence electrons. The smallest absolute Gasteiger partial charge is 0.235 e. The predicted octanol–water partition coefficient (Wildman–Crippen LogP) is 1.17. The first kappa shape index (κ1) is 20.0. The van der Waals surface area contributed by atoms with Gasteiger partial charge in [-0.3, -0.25) is 9.59 Å². The Hall–Kier alpha value is -2.28. The van der Waals surface area contributed by atoms with Gasteiger partial charge in [-0.25, -0.2) is 0 Å².